The highest BCUT2D eigenvalue weighted by atomic mass is 35.5. The average Bonchev–Trinajstić information content (AvgIpc) is 3.32. The fourth-order valence-electron chi connectivity index (χ4n) is 4.40. The van der Waals surface area contributed by atoms with Gasteiger partial charge in [0.2, 0.25) is 5.91 Å². The van der Waals surface area contributed by atoms with Crippen molar-refractivity contribution < 1.29 is 13.2 Å². The first-order valence-electron chi connectivity index (χ1n) is 9.89. The van der Waals surface area contributed by atoms with E-state index in [1.54, 1.807) is 0 Å². The van der Waals surface area contributed by atoms with Crippen LogP contribution >= 0.6 is 23.4 Å². The molecule has 0 aromatic heterocycles. The molecule has 2 aliphatic heterocycles. The van der Waals surface area contributed by atoms with Crippen molar-refractivity contribution in [1.82, 2.24) is 4.90 Å². The van der Waals surface area contributed by atoms with Gasteiger partial charge in [0, 0.05) is 23.2 Å². The lowest BCUT2D eigenvalue weighted by Gasteiger charge is -2.24. The molecule has 0 N–H and O–H groups in total. The van der Waals surface area contributed by atoms with Crippen molar-refractivity contribution in [3.63, 3.8) is 0 Å². The molecule has 152 valence electrons. The van der Waals surface area contributed by atoms with E-state index < -0.39 is 9.84 Å². The molecule has 8 heteroatoms. The first kappa shape index (κ1) is 20.2. The fraction of sp³-hybridized carbons (Fsp3) is 0.600. The monoisotopic (exact) mass is 440 g/mol. The van der Waals surface area contributed by atoms with E-state index in [1.165, 1.54) is 37.4 Å². The summed E-state index contributed by atoms with van der Waals surface area (Å²) in [5.41, 5.74) is 1.03. The Morgan fingerprint density at radius 1 is 1.18 bits per heavy atom. The lowest BCUT2D eigenvalue weighted by molar-refractivity contribution is -0.118. The Balaban J connectivity index is 1.49. The smallest absolute Gasteiger partial charge is 0.248 e. The number of amidine groups is 1. The number of nitrogens with zero attached hydrogens (tertiary/aromatic N) is 2. The van der Waals surface area contributed by atoms with E-state index in [4.69, 9.17) is 11.6 Å². The predicted molar refractivity (Wildman–Crippen MR) is 114 cm³/mol. The number of aliphatic imine (C=N–C) groups is 1. The number of hydrogen-bond donors (Lipinski definition) is 0. The molecule has 2 saturated heterocycles. The van der Waals surface area contributed by atoms with Crippen LogP contribution in [0.1, 0.15) is 44.1 Å². The van der Waals surface area contributed by atoms with Crippen molar-refractivity contribution in [3.8, 4) is 0 Å². The lowest BCUT2D eigenvalue weighted by Crippen LogP contribution is -2.37. The molecule has 2 atom stereocenters. The third-order valence-corrected chi connectivity index (χ3v) is 9.40. The first-order chi connectivity index (χ1) is 13.4. The summed E-state index contributed by atoms with van der Waals surface area (Å²) in [6.45, 7) is 0.537. The normalized spacial score (nSPS) is 28.2. The van der Waals surface area contributed by atoms with E-state index in [0.29, 0.717) is 29.1 Å². The molecule has 5 nitrogen and oxygen atoms in total. The van der Waals surface area contributed by atoms with Crippen LogP contribution in [-0.2, 0) is 21.2 Å². The van der Waals surface area contributed by atoms with Gasteiger partial charge in [-0.2, -0.15) is 4.99 Å². The Bertz CT molecular complexity index is 864. The molecule has 2 heterocycles. The van der Waals surface area contributed by atoms with Crippen LogP contribution < -0.4 is 0 Å². The first-order valence-corrected chi connectivity index (χ1v) is 13.0. The molecule has 0 radical (unpaired) electrons. The Morgan fingerprint density at radius 3 is 2.61 bits per heavy atom. The van der Waals surface area contributed by atoms with Gasteiger partial charge in [-0.05, 0) is 30.0 Å². The standard InChI is InChI=1S/C20H25ClN2O3S2/c21-16-8-5-15(6-9-16)11-23-17-12-28(25,26)13-18(17)27-20(23)22-19(24)10-7-14-3-1-2-4-14/h5-6,8-9,14,17-18H,1-4,7,10-13H2/t17-,18-/m1/s1. The molecular formula is C20H25ClN2O3S2. The molecule has 3 fully saturated rings. The maximum Gasteiger partial charge on any atom is 0.248 e. The molecule has 0 spiro atoms. The maximum atomic E-state index is 12.5. The van der Waals surface area contributed by atoms with Crippen LogP contribution in [0.25, 0.3) is 0 Å². The van der Waals surface area contributed by atoms with Crippen LogP contribution in [0.3, 0.4) is 0 Å². The van der Waals surface area contributed by atoms with Crippen molar-refractivity contribution in [3.05, 3.63) is 34.9 Å². The average molecular weight is 441 g/mol. The van der Waals surface area contributed by atoms with Crippen LogP contribution in [-0.4, -0.2) is 47.2 Å². The molecule has 1 aromatic carbocycles. The highest BCUT2D eigenvalue weighted by molar-refractivity contribution is 8.15. The summed E-state index contributed by atoms with van der Waals surface area (Å²) in [5, 5.41) is 1.30. The highest BCUT2D eigenvalue weighted by Crippen LogP contribution is 2.39. The van der Waals surface area contributed by atoms with Crippen LogP contribution in [0, 0.1) is 5.92 Å². The van der Waals surface area contributed by atoms with E-state index in [1.807, 2.05) is 29.2 Å². The Labute approximate surface area is 175 Å². The van der Waals surface area contributed by atoms with Crippen molar-refractivity contribution in [2.75, 3.05) is 11.5 Å². The van der Waals surface area contributed by atoms with Gasteiger partial charge in [-0.1, -0.05) is 61.2 Å². The Morgan fingerprint density at radius 2 is 1.89 bits per heavy atom. The molecule has 1 saturated carbocycles. The topological polar surface area (TPSA) is 66.8 Å². The summed E-state index contributed by atoms with van der Waals surface area (Å²) in [7, 11) is -3.03. The molecule has 28 heavy (non-hydrogen) atoms. The number of sulfone groups is 1. The summed E-state index contributed by atoms with van der Waals surface area (Å²) in [5.74, 6) is 0.871. The lowest BCUT2D eigenvalue weighted by atomic mass is 10.0. The third-order valence-electron chi connectivity index (χ3n) is 5.90. The summed E-state index contributed by atoms with van der Waals surface area (Å²) in [6.07, 6.45) is 6.40. The molecule has 4 rings (SSSR count). The van der Waals surface area contributed by atoms with Gasteiger partial charge in [0.15, 0.2) is 15.0 Å². The van der Waals surface area contributed by atoms with Crippen LogP contribution in [0.2, 0.25) is 5.02 Å². The number of rotatable bonds is 5. The fourth-order valence-corrected chi connectivity index (χ4v) is 8.49. The number of amides is 1. The summed E-state index contributed by atoms with van der Waals surface area (Å²) in [4.78, 5) is 18.9. The number of carbonyl (C=O) groups is 1. The number of fused-ring (bicyclic) bond motifs is 1. The molecule has 0 bridgehead atoms. The second kappa shape index (κ2) is 8.36. The molecule has 3 aliphatic rings. The van der Waals surface area contributed by atoms with Crippen LogP contribution in [0.5, 0.6) is 0 Å². The van der Waals surface area contributed by atoms with E-state index in [-0.39, 0.29) is 28.7 Å². The molecule has 0 unspecified atom stereocenters. The van der Waals surface area contributed by atoms with Crippen molar-refractivity contribution >= 4 is 44.3 Å². The van der Waals surface area contributed by atoms with Gasteiger partial charge in [0.05, 0.1) is 17.5 Å². The predicted octanol–water partition coefficient (Wildman–Crippen LogP) is 3.91. The minimum Gasteiger partial charge on any atom is -0.342 e. The van der Waals surface area contributed by atoms with Gasteiger partial charge in [-0.3, -0.25) is 4.79 Å². The van der Waals surface area contributed by atoms with Crippen molar-refractivity contribution in [2.24, 2.45) is 10.9 Å². The van der Waals surface area contributed by atoms with Gasteiger partial charge in [-0.25, -0.2) is 8.42 Å². The van der Waals surface area contributed by atoms with E-state index >= 15 is 0 Å². The molecule has 1 aromatic rings. The Kier molecular flexibility index (Phi) is 6.04. The number of halogens is 1. The highest BCUT2D eigenvalue weighted by Gasteiger charge is 2.48. The zero-order valence-electron chi connectivity index (χ0n) is 15.7. The Hall–Kier alpha value is -1.05. The van der Waals surface area contributed by atoms with Gasteiger partial charge in [0.25, 0.3) is 0 Å². The SMILES string of the molecule is O=C(CCC1CCCC1)N=C1S[C@@H]2CS(=O)(=O)C[C@H]2N1Cc1ccc(Cl)cc1. The minimum atomic E-state index is -3.03. The third kappa shape index (κ3) is 4.74. The zero-order chi connectivity index (χ0) is 19.7. The molecular weight excluding hydrogens is 416 g/mol. The second-order valence-corrected chi connectivity index (χ2v) is 11.8. The van der Waals surface area contributed by atoms with Crippen LogP contribution in [0.4, 0.5) is 0 Å². The van der Waals surface area contributed by atoms with Crippen molar-refractivity contribution in [1.29, 1.82) is 0 Å². The molecule has 1 aliphatic carbocycles. The van der Waals surface area contributed by atoms with E-state index in [0.717, 1.165) is 12.0 Å². The van der Waals surface area contributed by atoms with Gasteiger partial charge < -0.3 is 4.90 Å². The zero-order valence-corrected chi connectivity index (χ0v) is 18.1. The number of carbonyl (C=O) groups excluding carboxylic acids is 1. The number of hydrogen-bond acceptors (Lipinski definition) is 4. The van der Waals surface area contributed by atoms with Crippen LogP contribution in [0.15, 0.2) is 29.3 Å². The quantitative estimate of drug-likeness (QED) is 0.694. The van der Waals surface area contributed by atoms with Gasteiger partial charge >= 0.3 is 0 Å². The minimum absolute atomic E-state index is 0.0429. The summed E-state index contributed by atoms with van der Waals surface area (Å²) >= 11 is 7.43. The number of benzene rings is 1. The van der Waals surface area contributed by atoms with E-state index in [2.05, 4.69) is 4.99 Å². The molecule has 1 amide bonds. The van der Waals surface area contributed by atoms with Crippen molar-refractivity contribution in [2.45, 2.75) is 56.4 Å². The summed E-state index contributed by atoms with van der Waals surface area (Å²) < 4.78 is 24.2. The number of thioether (sulfide) groups is 1. The largest absolute Gasteiger partial charge is 0.342 e. The van der Waals surface area contributed by atoms with Gasteiger partial charge in [-0.15, -0.1) is 0 Å². The summed E-state index contributed by atoms with van der Waals surface area (Å²) in [6, 6.07) is 7.40. The second-order valence-electron chi connectivity index (χ2n) is 8.03. The van der Waals surface area contributed by atoms with Gasteiger partial charge in [0.1, 0.15) is 0 Å². The van der Waals surface area contributed by atoms with E-state index in [9.17, 15) is 13.2 Å². The maximum absolute atomic E-state index is 12.5.